The highest BCUT2D eigenvalue weighted by atomic mass is 16.4. The van der Waals surface area contributed by atoms with E-state index in [0.717, 1.165) is 10.5 Å². The van der Waals surface area contributed by atoms with Crippen LogP contribution >= 0.6 is 0 Å². The molecule has 0 bridgehead atoms. The lowest BCUT2D eigenvalue weighted by Gasteiger charge is -2.18. The quantitative estimate of drug-likeness (QED) is 0.640. The SMILES string of the molecule is CC1(C)NC(=O)N(CC(=O)NC(Cc2ccccc2)C(=O)O)C1=O. The third kappa shape index (κ3) is 3.89. The van der Waals surface area contributed by atoms with E-state index in [2.05, 4.69) is 10.6 Å². The van der Waals surface area contributed by atoms with Gasteiger partial charge in [-0.15, -0.1) is 0 Å². The molecule has 0 radical (unpaired) electrons. The van der Waals surface area contributed by atoms with Crippen LogP contribution in [0.5, 0.6) is 0 Å². The first kappa shape index (κ1) is 17.5. The van der Waals surface area contributed by atoms with Crippen molar-refractivity contribution < 1.29 is 24.3 Å². The Morgan fingerprint density at radius 3 is 2.38 bits per heavy atom. The molecule has 1 heterocycles. The summed E-state index contributed by atoms with van der Waals surface area (Å²) in [6.07, 6.45) is 0.105. The molecule has 1 aromatic carbocycles. The van der Waals surface area contributed by atoms with Crippen molar-refractivity contribution in [2.45, 2.75) is 31.8 Å². The first-order valence-corrected chi connectivity index (χ1v) is 7.41. The topological polar surface area (TPSA) is 116 Å². The summed E-state index contributed by atoms with van der Waals surface area (Å²) >= 11 is 0. The average molecular weight is 333 g/mol. The number of imide groups is 1. The molecule has 1 aliphatic rings. The van der Waals surface area contributed by atoms with Crippen LogP contribution in [0.1, 0.15) is 19.4 Å². The molecule has 3 N–H and O–H groups in total. The minimum Gasteiger partial charge on any atom is -0.480 e. The van der Waals surface area contributed by atoms with E-state index < -0.39 is 41.9 Å². The van der Waals surface area contributed by atoms with E-state index in [1.54, 1.807) is 30.3 Å². The van der Waals surface area contributed by atoms with Gasteiger partial charge >= 0.3 is 12.0 Å². The Kier molecular flexibility index (Phi) is 4.87. The lowest BCUT2D eigenvalue weighted by molar-refractivity contribution is -0.142. The van der Waals surface area contributed by atoms with Crippen molar-refractivity contribution in [3.05, 3.63) is 35.9 Å². The number of nitrogens with zero attached hydrogens (tertiary/aromatic N) is 1. The number of amides is 4. The van der Waals surface area contributed by atoms with Gasteiger partial charge in [0.1, 0.15) is 18.1 Å². The predicted octanol–water partition coefficient (Wildman–Crippen LogP) is 0.129. The monoisotopic (exact) mass is 333 g/mol. The van der Waals surface area contributed by atoms with Gasteiger partial charge in [-0.2, -0.15) is 0 Å². The standard InChI is InChI=1S/C16H19N3O5/c1-16(2)14(23)19(15(24)18-16)9-12(20)17-11(13(21)22)8-10-6-4-3-5-7-10/h3-7,11H,8-9H2,1-2H3,(H,17,20)(H,18,24)(H,21,22). The van der Waals surface area contributed by atoms with Gasteiger partial charge in [0.2, 0.25) is 5.91 Å². The Balaban J connectivity index is 2.00. The number of rotatable bonds is 6. The molecule has 8 nitrogen and oxygen atoms in total. The van der Waals surface area contributed by atoms with Crippen molar-refractivity contribution in [3.8, 4) is 0 Å². The van der Waals surface area contributed by atoms with Crippen LogP contribution in [0.2, 0.25) is 0 Å². The van der Waals surface area contributed by atoms with Crippen LogP contribution in [-0.2, 0) is 20.8 Å². The van der Waals surface area contributed by atoms with Crippen LogP contribution in [0.15, 0.2) is 30.3 Å². The Bertz CT molecular complexity index is 672. The summed E-state index contributed by atoms with van der Waals surface area (Å²) in [4.78, 5) is 47.9. The molecule has 4 amide bonds. The van der Waals surface area contributed by atoms with E-state index in [0.29, 0.717) is 0 Å². The molecule has 24 heavy (non-hydrogen) atoms. The number of aliphatic carboxylic acids is 1. The van der Waals surface area contributed by atoms with Gasteiger partial charge in [-0.05, 0) is 19.4 Å². The maximum Gasteiger partial charge on any atom is 0.326 e. The summed E-state index contributed by atoms with van der Waals surface area (Å²) in [5, 5.41) is 14.1. The normalized spacial score (nSPS) is 17.3. The molecule has 1 saturated heterocycles. The highest BCUT2D eigenvalue weighted by Crippen LogP contribution is 2.16. The fourth-order valence-corrected chi connectivity index (χ4v) is 2.39. The maximum absolute atomic E-state index is 12.1. The first-order chi connectivity index (χ1) is 11.2. The number of carboxylic acids is 1. The van der Waals surface area contributed by atoms with E-state index >= 15 is 0 Å². The van der Waals surface area contributed by atoms with Gasteiger partial charge in [0.25, 0.3) is 5.91 Å². The molecule has 1 aliphatic heterocycles. The fraction of sp³-hybridized carbons (Fsp3) is 0.375. The summed E-state index contributed by atoms with van der Waals surface area (Å²) < 4.78 is 0. The minimum atomic E-state index is -1.19. The van der Waals surface area contributed by atoms with Crippen LogP contribution in [0.25, 0.3) is 0 Å². The average Bonchev–Trinajstić information content (AvgIpc) is 2.69. The number of benzene rings is 1. The molecule has 1 fully saturated rings. The highest BCUT2D eigenvalue weighted by Gasteiger charge is 2.45. The van der Waals surface area contributed by atoms with Crippen LogP contribution in [-0.4, -0.2) is 51.9 Å². The Morgan fingerprint density at radius 1 is 1.25 bits per heavy atom. The van der Waals surface area contributed by atoms with Crippen molar-refractivity contribution >= 4 is 23.8 Å². The lowest BCUT2D eigenvalue weighted by Crippen LogP contribution is -2.48. The number of urea groups is 1. The molecular weight excluding hydrogens is 314 g/mol. The number of carbonyl (C=O) groups excluding carboxylic acids is 3. The van der Waals surface area contributed by atoms with E-state index in [9.17, 15) is 24.3 Å². The van der Waals surface area contributed by atoms with Crippen molar-refractivity contribution in [1.29, 1.82) is 0 Å². The number of nitrogens with one attached hydrogen (secondary N) is 2. The van der Waals surface area contributed by atoms with Gasteiger partial charge in [-0.3, -0.25) is 14.5 Å². The second kappa shape index (κ2) is 6.69. The van der Waals surface area contributed by atoms with Crippen molar-refractivity contribution in [3.63, 3.8) is 0 Å². The van der Waals surface area contributed by atoms with Crippen LogP contribution in [0.4, 0.5) is 4.79 Å². The fourth-order valence-electron chi connectivity index (χ4n) is 2.39. The number of carboxylic acid groups (broad SMARTS) is 1. The third-order valence-electron chi connectivity index (χ3n) is 3.66. The van der Waals surface area contributed by atoms with Crippen LogP contribution in [0, 0.1) is 0 Å². The molecule has 1 atom stereocenters. The van der Waals surface area contributed by atoms with Gasteiger partial charge in [-0.25, -0.2) is 9.59 Å². The van der Waals surface area contributed by atoms with Crippen molar-refractivity contribution in [2.75, 3.05) is 6.54 Å². The molecule has 2 rings (SSSR count). The Morgan fingerprint density at radius 2 is 1.88 bits per heavy atom. The predicted molar refractivity (Wildman–Crippen MR) is 84.0 cm³/mol. The van der Waals surface area contributed by atoms with E-state index in [-0.39, 0.29) is 6.42 Å². The van der Waals surface area contributed by atoms with E-state index in [4.69, 9.17) is 0 Å². The minimum absolute atomic E-state index is 0.105. The van der Waals surface area contributed by atoms with Gasteiger partial charge in [-0.1, -0.05) is 30.3 Å². The van der Waals surface area contributed by atoms with Gasteiger partial charge in [0.15, 0.2) is 0 Å². The first-order valence-electron chi connectivity index (χ1n) is 7.41. The molecule has 0 aromatic heterocycles. The molecule has 0 aliphatic carbocycles. The summed E-state index contributed by atoms with van der Waals surface area (Å²) in [5.41, 5.74) is -0.325. The molecule has 1 unspecified atom stereocenters. The second-order valence-electron chi connectivity index (χ2n) is 6.09. The van der Waals surface area contributed by atoms with Gasteiger partial charge in [0.05, 0.1) is 0 Å². The zero-order chi connectivity index (χ0) is 17.9. The number of carbonyl (C=O) groups is 4. The van der Waals surface area contributed by atoms with Gasteiger partial charge < -0.3 is 15.7 Å². The Labute approximate surface area is 138 Å². The smallest absolute Gasteiger partial charge is 0.326 e. The zero-order valence-electron chi connectivity index (χ0n) is 13.4. The van der Waals surface area contributed by atoms with E-state index in [1.165, 1.54) is 13.8 Å². The number of hydrogen-bond acceptors (Lipinski definition) is 4. The summed E-state index contributed by atoms with van der Waals surface area (Å²) in [7, 11) is 0. The summed E-state index contributed by atoms with van der Waals surface area (Å²) in [6, 6.07) is 7.03. The second-order valence-corrected chi connectivity index (χ2v) is 6.09. The molecule has 8 heteroatoms. The van der Waals surface area contributed by atoms with E-state index in [1.807, 2.05) is 0 Å². The molecule has 1 aromatic rings. The maximum atomic E-state index is 12.1. The van der Waals surface area contributed by atoms with Crippen LogP contribution < -0.4 is 10.6 Å². The molecular formula is C16H19N3O5. The Hall–Kier alpha value is -2.90. The summed E-state index contributed by atoms with van der Waals surface area (Å²) in [6.45, 7) is 2.54. The lowest BCUT2D eigenvalue weighted by atomic mass is 10.1. The van der Waals surface area contributed by atoms with Gasteiger partial charge in [0, 0.05) is 6.42 Å². The largest absolute Gasteiger partial charge is 0.480 e. The van der Waals surface area contributed by atoms with Crippen molar-refractivity contribution in [1.82, 2.24) is 15.5 Å². The molecule has 0 saturated carbocycles. The highest BCUT2D eigenvalue weighted by molar-refractivity contribution is 6.08. The summed E-state index contributed by atoms with van der Waals surface area (Å²) in [5.74, 6) is -2.43. The number of hydrogen-bond donors (Lipinski definition) is 3. The molecule has 0 spiro atoms. The van der Waals surface area contributed by atoms with Crippen molar-refractivity contribution in [2.24, 2.45) is 0 Å². The third-order valence-corrected chi connectivity index (χ3v) is 3.66. The van der Waals surface area contributed by atoms with Crippen LogP contribution in [0.3, 0.4) is 0 Å². The zero-order valence-corrected chi connectivity index (χ0v) is 13.4. The molecule has 128 valence electrons.